The molecule has 0 saturated carbocycles. The van der Waals surface area contributed by atoms with Crippen molar-refractivity contribution in [2.75, 3.05) is 12.3 Å². The van der Waals surface area contributed by atoms with Crippen LogP contribution in [-0.2, 0) is 9.59 Å². The van der Waals surface area contributed by atoms with E-state index in [1.807, 2.05) is 0 Å². The summed E-state index contributed by atoms with van der Waals surface area (Å²) >= 11 is 0. The van der Waals surface area contributed by atoms with Gasteiger partial charge in [-0.1, -0.05) is 0 Å². The highest BCUT2D eigenvalue weighted by molar-refractivity contribution is 5.80. The van der Waals surface area contributed by atoms with Crippen molar-refractivity contribution in [1.82, 2.24) is 0 Å². The molecule has 0 aromatic heterocycles. The summed E-state index contributed by atoms with van der Waals surface area (Å²) in [5.74, 6) is 0.345. The monoisotopic (exact) mass is 372 g/mol. The predicted octanol–water partition coefficient (Wildman–Crippen LogP) is 3.29. The Morgan fingerprint density at radius 2 is 1.52 bits per heavy atom. The maximum atomic E-state index is 11.8. The van der Waals surface area contributed by atoms with E-state index in [1.165, 1.54) is 24.3 Å². The summed E-state index contributed by atoms with van der Waals surface area (Å²) in [6, 6.07) is 12.0. The molecule has 0 aliphatic carbocycles. The van der Waals surface area contributed by atoms with Crippen molar-refractivity contribution in [3.8, 4) is 11.5 Å². The molecule has 2 rings (SSSR count). The second kappa shape index (κ2) is 9.91. The number of nitro groups is 1. The van der Waals surface area contributed by atoms with Crippen molar-refractivity contribution in [1.29, 1.82) is 0 Å². The molecule has 2 N–H and O–H groups in total. The van der Waals surface area contributed by atoms with E-state index in [4.69, 9.17) is 15.2 Å². The zero-order valence-electron chi connectivity index (χ0n) is 14.6. The Kier molecular flexibility index (Phi) is 7.30. The number of anilines is 1. The molecule has 8 heteroatoms. The number of hydrogen-bond donors (Lipinski definition) is 1. The average molecular weight is 372 g/mol. The molecule has 0 radical (unpaired) electrons. The van der Waals surface area contributed by atoms with Crippen LogP contribution in [0.3, 0.4) is 0 Å². The highest BCUT2D eigenvalue weighted by atomic mass is 16.6. The van der Waals surface area contributed by atoms with Crippen molar-refractivity contribution in [2.45, 2.75) is 25.7 Å². The summed E-state index contributed by atoms with van der Waals surface area (Å²) in [7, 11) is 0. The quantitative estimate of drug-likeness (QED) is 0.170. The minimum absolute atomic E-state index is 0.0421. The van der Waals surface area contributed by atoms with E-state index in [9.17, 15) is 19.7 Å². The van der Waals surface area contributed by atoms with Crippen molar-refractivity contribution >= 4 is 23.1 Å². The number of carbonyl (C=O) groups excluding carboxylic acids is 2. The summed E-state index contributed by atoms with van der Waals surface area (Å²) in [5.41, 5.74) is 6.10. The number of nitrogen functional groups attached to an aromatic ring is 1. The maximum absolute atomic E-state index is 11.8. The molecule has 0 unspecified atom stereocenters. The standard InChI is InChI=1S/C19H20N2O6/c20-14-5-9-18(10-6-14)27-19(23)4-2-1-3-16(22)13-26-17-11-7-15(8-12-17)21(24)25/h5-12H,1-4,13,20H2. The van der Waals surface area contributed by atoms with Gasteiger partial charge in [0.1, 0.15) is 18.1 Å². The molecule has 142 valence electrons. The Morgan fingerprint density at radius 1 is 0.926 bits per heavy atom. The van der Waals surface area contributed by atoms with Gasteiger partial charge in [-0.15, -0.1) is 0 Å². The molecule has 0 amide bonds. The number of benzene rings is 2. The minimum atomic E-state index is -0.507. The van der Waals surface area contributed by atoms with Gasteiger partial charge in [0.05, 0.1) is 4.92 Å². The van der Waals surface area contributed by atoms with Gasteiger partial charge in [0.2, 0.25) is 0 Å². The Morgan fingerprint density at radius 3 is 2.15 bits per heavy atom. The fraction of sp³-hybridized carbons (Fsp3) is 0.263. The second-order valence-corrected chi connectivity index (χ2v) is 5.83. The number of unbranched alkanes of at least 4 members (excludes halogenated alkanes) is 1. The van der Waals surface area contributed by atoms with Crippen LogP contribution in [0.4, 0.5) is 11.4 Å². The van der Waals surface area contributed by atoms with Gasteiger partial charge < -0.3 is 15.2 Å². The van der Waals surface area contributed by atoms with Gasteiger partial charge in [0.25, 0.3) is 5.69 Å². The maximum Gasteiger partial charge on any atom is 0.311 e. The van der Waals surface area contributed by atoms with E-state index in [1.54, 1.807) is 24.3 Å². The van der Waals surface area contributed by atoms with E-state index < -0.39 is 4.92 Å². The third kappa shape index (κ3) is 7.15. The Labute approximate surface area is 156 Å². The molecule has 8 nitrogen and oxygen atoms in total. The SMILES string of the molecule is Nc1ccc(OC(=O)CCCCC(=O)COc2ccc([N+](=O)[O-])cc2)cc1. The summed E-state index contributed by atoms with van der Waals surface area (Å²) < 4.78 is 10.5. The lowest BCUT2D eigenvalue weighted by atomic mass is 10.1. The summed E-state index contributed by atoms with van der Waals surface area (Å²) in [6.45, 7) is -0.117. The summed E-state index contributed by atoms with van der Waals surface area (Å²) in [4.78, 5) is 33.6. The first kappa shape index (κ1) is 19.9. The number of ketones is 1. The van der Waals surface area contributed by atoms with Crippen molar-refractivity contribution in [3.05, 3.63) is 58.6 Å². The lowest BCUT2D eigenvalue weighted by Crippen LogP contribution is -2.12. The van der Waals surface area contributed by atoms with E-state index >= 15 is 0 Å². The van der Waals surface area contributed by atoms with Gasteiger partial charge in [-0.3, -0.25) is 19.7 Å². The first-order valence-corrected chi connectivity index (χ1v) is 8.39. The fourth-order valence-corrected chi connectivity index (χ4v) is 2.21. The van der Waals surface area contributed by atoms with Crippen molar-refractivity contribution in [2.24, 2.45) is 0 Å². The van der Waals surface area contributed by atoms with Crippen LogP contribution in [0.25, 0.3) is 0 Å². The number of ether oxygens (including phenoxy) is 2. The first-order valence-electron chi connectivity index (χ1n) is 8.39. The third-order valence-electron chi connectivity index (χ3n) is 3.65. The van der Waals surface area contributed by atoms with Gasteiger partial charge in [-0.25, -0.2) is 0 Å². The van der Waals surface area contributed by atoms with Gasteiger partial charge in [0.15, 0.2) is 5.78 Å². The number of Topliss-reactive ketones (excluding diaryl/α,β-unsaturated/α-hetero) is 1. The van der Waals surface area contributed by atoms with Gasteiger partial charge >= 0.3 is 5.97 Å². The minimum Gasteiger partial charge on any atom is -0.486 e. The molecule has 0 aliphatic heterocycles. The average Bonchev–Trinajstić information content (AvgIpc) is 2.66. The number of non-ortho nitro benzene ring substituents is 1. The molecule has 0 atom stereocenters. The molecule has 2 aromatic rings. The number of esters is 1. The van der Waals surface area contributed by atoms with Crippen LogP contribution in [0.2, 0.25) is 0 Å². The van der Waals surface area contributed by atoms with E-state index in [-0.39, 0.29) is 36.9 Å². The lowest BCUT2D eigenvalue weighted by molar-refractivity contribution is -0.384. The summed E-state index contributed by atoms with van der Waals surface area (Å²) in [5, 5.41) is 10.6. The third-order valence-corrected chi connectivity index (χ3v) is 3.65. The van der Waals surface area contributed by atoms with Crippen LogP contribution in [0, 0.1) is 10.1 Å². The number of nitrogens with two attached hydrogens (primary N) is 1. The molecular formula is C19H20N2O6. The van der Waals surface area contributed by atoms with Gasteiger partial charge in [-0.05, 0) is 49.2 Å². The number of hydrogen-bond acceptors (Lipinski definition) is 7. The van der Waals surface area contributed by atoms with E-state index in [2.05, 4.69) is 0 Å². The Bertz CT molecular complexity index is 787. The molecule has 2 aromatic carbocycles. The largest absolute Gasteiger partial charge is 0.486 e. The smallest absolute Gasteiger partial charge is 0.311 e. The molecule has 0 fully saturated rings. The highest BCUT2D eigenvalue weighted by Crippen LogP contribution is 2.17. The van der Waals surface area contributed by atoms with Crippen LogP contribution >= 0.6 is 0 Å². The molecule has 0 saturated heterocycles. The van der Waals surface area contributed by atoms with Gasteiger partial charge in [-0.2, -0.15) is 0 Å². The molecule has 27 heavy (non-hydrogen) atoms. The van der Waals surface area contributed by atoms with E-state index in [0.29, 0.717) is 30.0 Å². The predicted molar refractivity (Wildman–Crippen MR) is 98.6 cm³/mol. The van der Waals surface area contributed by atoms with Gasteiger partial charge in [0, 0.05) is 30.7 Å². The zero-order chi connectivity index (χ0) is 19.6. The number of nitrogens with zero attached hydrogens (tertiary/aromatic N) is 1. The number of rotatable bonds is 10. The Hall–Kier alpha value is -3.42. The Balaban J connectivity index is 1.60. The molecule has 0 heterocycles. The molecule has 0 bridgehead atoms. The second-order valence-electron chi connectivity index (χ2n) is 5.83. The normalized spacial score (nSPS) is 10.2. The topological polar surface area (TPSA) is 122 Å². The fourth-order valence-electron chi connectivity index (χ4n) is 2.21. The van der Waals surface area contributed by atoms with Crippen LogP contribution in [0.1, 0.15) is 25.7 Å². The molecule has 0 aliphatic rings. The lowest BCUT2D eigenvalue weighted by Gasteiger charge is -2.06. The molecular weight excluding hydrogens is 352 g/mol. The van der Waals surface area contributed by atoms with Crippen LogP contribution in [0.15, 0.2) is 48.5 Å². The number of carbonyl (C=O) groups is 2. The first-order chi connectivity index (χ1) is 12.9. The van der Waals surface area contributed by atoms with E-state index in [0.717, 1.165) is 0 Å². The van der Waals surface area contributed by atoms with Crippen molar-refractivity contribution in [3.63, 3.8) is 0 Å². The number of nitro benzene ring substituents is 1. The van der Waals surface area contributed by atoms with Crippen LogP contribution in [-0.4, -0.2) is 23.3 Å². The van der Waals surface area contributed by atoms with Crippen LogP contribution in [0.5, 0.6) is 11.5 Å². The van der Waals surface area contributed by atoms with Crippen LogP contribution < -0.4 is 15.2 Å². The highest BCUT2D eigenvalue weighted by Gasteiger charge is 2.08. The molecule has 0 spiro atoms. The van der Waals surface area contributed by atoms with Crippen molar-refractivity contribution < 1.29 is 24.0 Å². The summed E-state index contributed by atoms with van der Waals surface area (Å²) in [6.07, 6.45) is 1.55. The zero-order valence-corrected chi connectivity index (χ0v) is 14.6.